The van der Waals surface area contributed by atoms with Gasteiger partial charge in [-0.15, -0.1) is 0 Å². The molecule has 144 valence electrons. The fraction of sp³-hybridized carbons (Fsp3) is 0.0833. The SMILES string of the molecule is CN(C)C(=S)Oc1ccc2c(=O)c(-c3ccccc3)c(-c3ccccc3)oc2c1. The van der Waals surface area contributed by atoms with Crippen molar-refractivity contribution in [2.75, 3.05) is 14.1 Å². The molecule has 0 fully saturated rings. The standard InChI is InChI=1S/C24H19NO3S/c1-25(2)24(29)27-18-13-14-19-20(15-18)28-23(17-11-7-4-8-12-17)21(22(19)26)16-9-5-3-6-10-16/h3-15H,1-2H3. The molecule has 0 saturated heterocycles. The van der Waals surface area contributed by atoms with Gasteiger partial charge in [0.05, 0.1) is 10.9 Å². The molecule has 0 atom stereocenters. The lowest BCUT2D eigenvalue weighted by Crippen LogP contribution is -2.24. The molecule has 0 amide bonds. The summed E-state index contributed by atoms with van der Waals surface area (Å²) in [4.78, 5) is 15.1. The maximum atomic E-state index is 13.4. The lowest BCUT2D eigenvalue weighted by molar-refractivity contribution is 0.449. The van der Waals surface area contributed by atoms with Gasteiger partial charge in [-0.1, -0.05) is 60.7 Å². The van der Waals surface area contributed by atoms with Gasteiger partial charge in [0.2, 0.25) is 5.43 Å². The van der Waals surface area contributed by atoms with Crippen LogP contribution in [0.25, 0.3) is 33.4 Å². The fourth-order valence-corrected chi connectivity index (χ4v) is 3.19. The molecule has 0 aliphatic rings. The van der Waals surface area contributed by atoms with Crippen LogP contribution in [0.5, 0.6) is 5.75 Å². The van der Waals surface area contributed by atoms with Crippen LogP contribution in [0, 0.1) is 0 Å². The Labute approximate surface area is 174 Å². The molecular weight excluding hydrogens is 382 g/mol. The molecule has 1 aromatic heterocycles. The monoisotopic (exact) mass is 401 g/mol. The summed E-state index contributed by atoms with van der Waals surface area (Å²) in [6.07, 6.45) is 0. The van der Waals surface area contributed by atoms with E-state index < -0.39 is 0 Å². The summed E-state index contributed by atoms with van der Waals surface area (Å²) in [5, 5.41) is 0.822. The predicted octanol–water partition coefficient (Wildman–Crippen LogP) is 5.35. The van der Waals surface area contributed by atoms with E-state index in [1.807, 2.05) is 74.8 Å². The van der Waals surface area contributed by atoms with Crippen LogP contribution in [0.1, 0.15) is 0 Å². The molecule has 0 aliphatic heterocycles. The first-order valence-electron chi connectivity index (χ1n) is 9.15. The molecule has 0 spiro atoms. The van der Waals surface area contributed by atoms with Crippen molar-refractivity contribution in [3.8, 4) is 28.2 Å². The number of ether oxygens (including phenoxy) is 1. The van der Waals surface area contributed by atoms with E-state index in [1.165, 1.54) is 0 Å². The maximum absolute atomic E-state index is 13.4. The topological polar surface area (TPSA) is 42.7 Å². The van der Waals surface area contributed by atoms with Crippen molar-refractivity contribution in [1.29, 1.82) is 0 Å². The Morgan fingerprint density at radius 1 is 0.897 bits per heavy atom. The van der Waals surface area contributed by atoms with Gasteiger partial charge in [0, 0.05) is 25.7 Å². The highest BCUT2D eigenvalue weighted by atomic mass is 32.1. The van der Waals surface area contributed by atoms with Crippen LogP contribution in [0.4, 0.5) is 0 Å². The molecule has 29 heavy (non-hydrogen) atoms. The van der Waals surface area contributed by atoms with Crippen molar-refractivity contribution in [3.05, 3.63) is 89.1 Å². The lowest BCUT2D eigenvalue weighted by atomic mass is 9.98. The molecule has 0 N–H and O–H groups in total. The predicted molar refractivity (Wildman–Crippen MR) is 120 cm³/mol. The largest absolute Gasteiger partial charge is 0.455 e. The molecule has 4 rings (SSSR count). The molecule has 0 bridgehead atoms. The molecule has 0 aliphatic carbocycles. The second kappa shape index (κ2) is 7.89. The van der Waals surface area contributed by atoms with E-state index in [9.17, 15) is 4.79 Å². The second-order valence-electron chi connectivity index (χ2n) is 6.79. The van der Waals surface area contributed by atoms with Crippen LogP contribution in [-0.2, 0) is 0 Å². The van der Waals surface area contributed by atoms with E-state index in [2.05, 4.69) is 0 Å². The van der Waals surface area contributed by atoms with Crippen LogP contribution < -0.4 is 10.2 Å². The van der Waals surface area contributed by atoms with Gasteiger partial charge in [0.15, 0.2) is 0 Å². The van der Waals surface area contributed by atoms with Gasteiger partial charge in [-0.25, -0.2) is 0 Å². The van der Waals surface area contributed by atoms with E-state index in [0.29, 0.717) is 33.2 Å². The third-order valence-corrected chi connectivity index (χ3v) is 4.98. The zero-order valence-electron chi connectivity index (χ0n) is 16.1. The zero-order valence-corrected chi connectivity index (χ0v) is 16.9. The average Bonchev–Trinajstić information content (AvgIpc) is 2.74. The van der Waals surface area contributed by atoms with Gasteiger partial charge in [-0.05, 0) is 29.9 Å². The number of benzene rings is 3. The molecule has 4 aromatic rings. The summed E-state index contributed by atoms with van der Waals surface area (Å²) in [6, 6.07) is 24.3. The highest BCUT2D eigenvalue weighted by Gasteiger charge is 2.18. The fourth-order valence-electron chi connectivity index (χ4n) is 3.09. The number of nitrogens with zero attached hydrogens (tertiary/aromatic N) is 1. The minimum absolute atomic E-state index is 0.0851. The molecule has 3 aromatic carbocycles. The van der Waals surface area contributed by atoms with Gasteiger partial charge < -0.3 is 14.1 Å². The molecule has 0 unspecified atom stereocenters. The number of thiocarbonyl (C=S) groups is 1. The average molecular weight is 401 g/mol. The summed E-state index contributed by atoms with van der Waals surface area (Å²) in [7, 11) is 3.62. The van der Waals surface area contributed by atoms with E-state index in [4.69, 9.17) is 21.4 Å². The first-order chi connectivity index (χ1) is 14.0. The second-order valence-corrected chi connectivity index (χ2v) is 7.14. The van der Waals surface area contributed by atoms with Gasteiger partial charge in [0.25, 0.3) is 5.17 Å². The van der Waals surface area contributed by atoms with Crippen molar-refractivity contribution in [2.45, 2.75) is 0 Å². The lowest BCUT2D eigenvalue weighted by Gasteiger charge is -2.15. The number of fused-ring (bicyclic) bond motifs is 1. The molecule has 0 saturated carbocycles. The third-order valence-electron chi connectivity index (χ3n) is 4.53. The molecule has 4 nitrogen and oxygen atoms in total. The van der Waals surface area contributed by atoms with Crippen LogP contribution in [0.15, 0.2) is 88.1 Å². The van der Waals surface area contributed by atoms with E-state index in [-0.39, 0.29) is 5.43 Å². The Morgan fingerprint density at radius 2 is 1.52 bits per heavy atom. The first-order valence-corrected chi connectivity index (χ1v) is 9.56. The smallest absolute Gasteiger partial charge is 0.264 e. The maximum Gasteiger partial charge on any atom is 0.264 e. The minimum Gasteiger partial charge on any atom is -0.455 e. The normalized spacial score (nSPS) is 10.7. The van der Waals surface area contributed by atoms with Crippen LogP contribution in [0.2, 0.25) is 0 Å². The van der Waals surface area contributed by atoms with Gasteiger partial charge in [-0.2, -0.15) is 0 Å². The highest BCUT2D eigenvalue weighted by Crippen LogP contribution is 2.33. The van der Waals surface area contributed by atoms with Crippen molar-refractivity contribution >= 4 is 28.4 Å². The Bertz CT molecular complexity index is 1230. The first kappa shape index (κ1) is 18.9. The number of hydrogen-bond donors (Lipinski definition) is 0. The van der Waals surface area contributed by atoms with Crippen molar-refractivity contribution < 1.29 is 9.15 Å². The van der Waals surface area contributed by atoms with Crippen molar-refractivity contribution in [3.63, 3.8) is 0 Å². The Balaban J connectivity index is 1.96. The van der Waals surface area contributed by atoms with E-state index in [0.717, 1.165) is 11.1 Å². The summed E-state index contributed by atoms with van der Waals surface area (Å²) >= 11 is 5.21. The molecular formula is C24H19NO3S. The summed E-state index contributed by atoms with van der Waals surface area (Å²) in [6.45, 7) is 0. The van der Waals surface area contributed by atoms with Gasteiger partial charge in [0.1, 0.15) is 17.1 Å². The van der Waals surface area contributed by atoms with Crippen LogP contribution >= 0.6 is 12.2 Å². The summed E-state index contributed by atoms with van der Waals surface area (Å²) < 4.78 is 11.9. The van der Waals surface area contributed by atoms with Crippen LogP contribution in [-0.4, -0.2) is 24.2 Å². The summed E-state index contributed by atoms with van der Waals surface area (Å²) in [5.41, 5.74) is 2.56. The Kier molecular flexibility index (Phi) is 5.14. The van der Waals surface area contributed by atoms with E-state index in [1.54, 1.807) is 23.1 Å². The van der Waals surface area contributed by atoms with Crippen LogP contribution in [0.3, 0.4) is 0 Å². The third kappa shape index (κ3) is 3.77. The zero-order chi connectivity index (χ0) is 20.4. The Hall–Kier alpha value is -3.44. The highest BCUT2D eigenvalue weighted by molar-refractivity contribution is 7.80. The molecule has 1 heterocycles. The molecule has 0 radical (unpaired) electrons. The van der Waals surface area contributed by atoms with Crippen molar-refractivity contribution in [1.82, 2.24) is 4.90 Å². The van der Waals surface area contributed by atoms with Crippen molar-refractivity contribution in [2.24, 2.45) is 0 Å². The quantitative estimate of drug-likeness (QED) is 0.433. The minimum atomic E-state index is -0.0851. The number of hydrogen-bond acceptors (Lipinski definition) is 4. The van der Waals surface area contributed by atoms with E-state index >= 15 is 0 Å². The summed E-state index contributed by atoms with van der Waals surface area (Å²) in [5.74, 6) is 1.05. The van der Waals surface area contributed by atoms with Gasteiger partial charge >= 0.3 is 0 Å². The van der Waals surface area contributed by atoms with Gasteiger partial charge in [-0.3, -0.25) is 4.79 Å². The molecule has 5 heteroatoms. The Morgan fingerprint density at radius 3 is 2.14 bits per heavy atom. The number of rotatable bonds is 3.